The Labute approximate surface area is 193 Å². The number of rotatable bonds is 6. The summed E-state index contributed by atoms with van der Waals surface area (Å²) in [6.07, 6.45) is -3.18. The molecule has 0 aliphatic rings. The van der Waals surface area contributed by atoms with Crippen LogP contribution in [0.15, 0.2) is 42.7 Å². The third kappa shape index (κ3) is 4.90. The van der Waals surface area contributed by atoms with Crippen LogP contribution < -0.4 is 15.4 Å². The van der Waals surface area contributed by atoms with Crippen LogP contribution in [0.5, 0.6) is 5.75 Å². The standard InChI is InChI=1S/C22H21F3N8O/c1-12-8-20(29-13(2)28-12)31-19-10-18(26-11-27-19)30-15-7-5-6-14(21(15)34-4)16-9-17(22(23,24)25)32-33(16)3/h5-11H,1-4H3,(H2,26,27,28,29,30,31). The zero-order valence-corrected chi connectivity index (χ0v) is 18.8. The highest BCUT2D eigenvalue weighted by Gasteiger charge is 2.35. The fourth-order valence-corrected chi connectivity index (χ4v) is 3.46. The Morgan fingerprint density at radius 3 is 2.32 bits per heavy atom. The van der Waals surface area contributed by atoms with E-state index in [1.807, 2.05) is 6.92 Å². The maximum absolute atomic E-state index is 13.1. The molecule has 3 heterocycles. The van der Waals surface area contributed by atoms with Gasteiger partial charge in [-0.05, 0) is 32.0 Å². The van der Waals surface area contributed by atoms with Crippen LogP contribution in [0.3, 0.4) is 0 Å². The van der Waals surface area contributed by atoms with Crippen molar-refractivity contribution in [2.75, 3.05) is 17.7 Å². The van der Waals surface area contributed by atoms with Crippen LogP contribution in [0, 0.1) is 13.8 Å². The van der Waals surface area contributed by atoms with E-state index in [1.165, 1.54) is 25.2 Å². The number of halogens is 3. The molecule has 12 heteroatoms. The molecule has 3 aromatic heterocycles. The summed E-state index contributed by atoms with van der Waals surface area (Å²) < 4.78 is 46.1. The number of methoxy groups -OCH3 is 1. The van der Waals surface area contributed by atoms with Gasteiger partial charge in [-0.15, -0.1) is 0 Å². The van der Waals surface area contributed by atoms with Gasteiger partial charge in [0.15, 0.2) is 11.4 Å². The normalized spacial score (nSPS) is 11.4. The van der Waals surface area contributed by atoms with Gasteiger partial charge in [-0.3, -0.25) is 4.68 Å². The molecule has 0 saturated heterocycles. The minimum atomic E-state index is -4.55. The summed E-state index contributed by atoms with van der Waals surface area (Å²) >= 11 is 0. The topological polar surface area (TPSA) is 103 Å². The molecule has 0 fully saturated rings. The highest BCUT2D eigenvalue weighted by atomic mass is 19.4. The molecule has 0 aliphatic heterocycles. The smallest absolute Gasteiger partial charge is 0.435 e. The van der Waals surface area contributed by atoms with Crippen molar-refractivity contribution in [2.45, 2.75) is 20.0 Å². The summed E-state index contributed by atoms with van der Waals surface area (Å²) in [6, 6.07) is 9.54. The Kier molecular flexibility index (Phi) is 6.05. The third-order valence-corrected chi connectivity index (χ3v) is 4.82. The number of para-hydroxylation sites is 1. The van der Waals surface area contributed by atoms with E-state index >= 15 is 0 Å². The fourth-order valence-electron chi connectivity index (χ4n) is 3.46. The lowest BCUT2D eigenvalue weighted by Gasteiger charge is -2.15. The Morgan fingerprint density at radius 2 is 1.68 bits per heavy atom. The number of nitrogens with one attached hydrogen (secondary N) is 2. The van der Waals surface area contributed by atoms with Crippen LogP contribution in [0.2, 0.25) is 0 Å². The lowest BCUT2D eigenvalue weighted by atomic mass is 10.1. The molecule has 9 nitrogen and oxygen atoms in total. The molecule has 0 aliphatic carbocycles. The quantitative estimate of drug-likeness (QED) is 0.414. The fraction of sp³-hybridized carbons (Fsp3) is 0.227. The van der Waals surface area contributed by atoms with Crippen LogP contribution in [0.1, 0.15) is 17.2 Å². The van der Waals surface area contributed by atoms with Gasteiger partial charge >= 0.3 is 6.18 Å². The molecule has 4 rings (SSSR count). The predicted molar refractivity (Wildman–Crippen MR) is 120 cm³/mol. The van der Waals surface area contributed by atoms with Crippen LogP contribution in [0.25, 0.3) is 11.3 Å². The van der Waals surface area contributed by atoms with Crippen molar-refractivity contribution < 1.29 is 17.9 Å². The van der Waals surface area contributed by atoms with Gasteiger partial charge < -0.3 is 15.4 Å². The first kappa shape index (κ1) is 23.0. The first-order valence-electron chi connectivity index (χ1n) is 10.1. The zero-order valence-electron chi connectivity index (χ0n) is 18.8. The lowest BCUT2D eigenvalue weighted by Crippen LogP contribution is -2.06. The van der Waals surface area contributed by atoms with Crippen LogP contribution in [-0.4, -0.2) is 36.8 Å². The molecule has 4 aromatic rings. The third-order valence-electron chi connectivity index (χ3n) is 4.82. The molecule has 0 spiro atoms. The largest absolute Gasteiger partial charge is 0.494 e. The second kappa shape index (κ2) is 8.96. The Morgan fingerprint density at radius 1 is 0.941 bits per heavy atom. The highest BCUT2D eigenvalue weighted by Crippen LogP contribution is 2.39. The molecule has 176 valence electrons. The molecular formula is C22H21F3N8O. The summed E-state index contributed by atoms with van der Waals surface area (Å²) in [5.41, 5.74) is 1.04. The second-order valence-electron chi connectivity index (χ2n) is 7.40. The van der Waals surface area contributed by atoms with Crippen molar-refractivity contribution in [1.29, 1.82) is 0 Å². The SMILES string of the molecule is COc1c(Nc2cc(Nc3cc(C)nc(C)n3)ncn2)cccc1-c1cc(C(F)(F)F)nn1C. The number of hydrogen-bond donors (Lipinski definition) is 2. The maximum Gasteiger partial charge on any atom is 0.435 e. The van der Waals surface area contributed by atoms with Gasteiger partial charge in [0.05, 0.1) is 18.5 Å². The van der Waals surface area contributed by atoms with Crippen molar-refractivity contribution in [2.24, 2.45) is 7.05 Å². The first-order valence-corrected chi connectivity index (χ1v) is 10.1. The maximum atomic E-state index is 13.1. The Bertz CT molecular complexity index is 1320. The van der Waals surface area contributed by atoms with Gasteiger partial charge in [0.25, 0.3) is 0 Å². The van der Waals surface area contributed by atoms with E-state index in [0.29, 0.717) is 40.3 Å². The summed E-state index contributed by atoms with van der Waals surface area (Å²) in [7, 11) is 2.89. The number of aryl methyl sites for hydroxylation is 3. The van der Waals surface area contributed by atoms with Crippen molar-refractivity contribution >= 4 is 23.1 Å². The van der Waals surface area contributed by atoms with E-state index in [9.17, 15) is 13.2 Å². The van der Waals surface area contributed by atoms with E-state index < -0.39 is 11.9 Å². The second-order valence-corrected chi connectivity index (χ2v) is 7.40. The molecule has 1 aromatic carbocycles. The van der Waals surface area contributed by atoms with Crippen molar-refractivity contribution in [1.82, 2.24) is 29.7 Å². The number of nitrogens with zero attached hydrogens (tertiary/aromatic N) is 6. The van der Waals surface area contributed by atoms with Crippen LogP contribution in [0.4, 0.5) is 36.3 Å². The number of benzene rings is 1. The van der Waals surface area contributed by atoms with Gasteiger partial charge in [0.2, 0.25) is 0 Å². The van der Waals surface area contributed by atoms with Crippen molar-refractivity contribution in [3.8, 4) is 17.0 Å². The Hall–Kier alpha value is -4.22. The number of hydrogen-bond acceptors (Lipinski definition) is 8. The molecule has 0 unspecified atom stereocenters. The van der Waals surface area contributed by atoms with Crippen LogP contribution >= 0.6 is 0 Å². The molecule has 0 amide bonds. The van der Waals surface area contributed by atoms with Gasteiger partial charge in [-0.1, -0.05) is 6.07 Å². The predicted octanol–water partition coefficient (Wildman–Crippen LogP) is 4.80. The average Bonchev–Trinajstić information content (AvgIpc) is 3.15. The number of alkyl halides is 3. The van der Waals surface area contributed by atoms with E-state index in [0.717, 1.165) is 11.8 Å². The van der Waals surface area contributed by atoms with E-state index in [-0.39, 0.29) is 5.69 Å². The molecule has 2 N–H and O–H groups in total. The molecule has 34 heavy (non-hydrogen) atoms. The lowest BCUT2D eigenvalue weighted by molar-refractivity contribution is -0.141. The van der Waals surface area contributed by atoms with Gasteiger partial charge in [-0.2, -0.15) is 18.3 Å². The van der Waals surface area contributed by atoms with E-state index in [2.05, 4.69) is 35.7 Å². The summed E-state index contributed by atoms with van der Waals surface area (Å²) in [4.78, 5) is 17.0. The van der Waals surface area contributed by atoms with Crippen molar-refractivity contribution in [3.63, 3.8) is 0 Å². The molecular weight excluding hydrogens is 449 g/mol. The zero-order chi connectivity index (χ0) is 24.5. The van der Waals surface area contributed by atoms with Gasteiger partial charge in [0, 0.05) is 30.4 Å². The van der Waals surface area contributed by atoms with E-state index in [1.54, 1.807) is 37.3 Å². The molecule has 0 bridgehead atoms. The molecule has 0 radical (unpaired) electrons. The number of anilines is 4. The van der Waals surface area contributed by atoms with Gasteiger partial charge in [0.1, 0.15) is 29.6 Å². The first-order chi connectivity index (χ1) is 16.1. The number of aromatic nitrogens is 6. The highest BCUT2D eigenvalue weighted by molar-refractivity contribution is 5.79. The minimum Gasteiger partial charge on any atom is -0.494 e. The minimum absolute atomic E-state index is 0.257. The van der Waals surface area contributed by atoms with Crippen LogP contribution in [-0.2, 0) is 13.2 Å². The number of ether oxygens (including phenoxy) is 1. The Balaban J connectivity index is 1.64. The summed E-state index contributed by atoms with van der Waals surface area (Å²) in [5.74, 6) is 2.49. The van der Waals surface area contributed by atoms with Gasteiger partial charge in [-0.25, -0.2) is 19.9 Å². The average molecular weight is 470 g/mol. The monoisotopic (exact) mass is 470 g/mol. The molecule has 0 saturated carbocycles. The summed E-state index contributed by atoms with van der Waals surface area (Å²) in [6.45, 7) is 3.66. The van der Waals surface area contributed by atoms with E-state index in [4.69, 9.17) is 4.74 Å². The van der Waals surface area contributed by atoms with Crippen molar-refractivity contribution in [3.05, 3.63) is 59.9 Å². The molecule has 0 atom stereocenters. The summed E-state index contributed by atoms with van der Waals surface area (Å²) in [5, 5.41) is 9.84.